The van der Waals surface area contributed by atoms with Crippen LogP contribution >= 0.6 is 35.1 Å². The fourth-order valence-corrected chi connectivity index (χ4v) is 9.83. The lowest BCUT2D eigenvalue weighted by molar-refractivity contribution is -0.0481. The maximum absolute atomic E-state index is 10.7. The van der Waals surface area contributed by atoms with Crippen molar-refractivity contribution in [2.24, 2.45) is 14.1 Å². The lowest BCUT2D eigenvalue weighted by Crippen LogP contribution is -2.14. The molecule has 9 nitrogen and oxygen atoms in total. The van der Waals surface area contributed by atoms with E-state index in [1.807, 2.05) is 59.0 Å². The van der Waals surface area contributed by atoms with Crippen LogP contribution < -0.4 is 10.1 Å². The van der Waals surface area contributed by atoms with Gasteiger partial charge in [-0.05, 0) is 80.3 Å². The highest BCUT2D eigenvalue weighted by atomic mass is 35.5. The molecule has 48 heavy (non-hydrogen) atoms. The number of rotatable bonds is 1. The van der Waals surface area contributed by atoms with Gasteiger partial charge in [0.05, 0.1) is 39.9 Å². The van der Waals surface area contributed by atoms with Crippen molar-refractivity contribution in [1.82, 2.24) is 24.1 Å². The maximum Gasteiger partial charge on any atom is 0.194 e. The highest BCUT2D eigenvalue weighted by Gasteiger charge is 2.29. The van der Waals surface area contributed by atoms with Gasteiger partial charge in [-0.25, -0.2) is 0 Å². The third-order valence-electron chi connectivity index (χ3n) is 9.93. The Balaban J connectivity index is 1.25. The molecule has 8 bridgehead atoms. The van der Waals surface area contributed by atoms with Crippen molar-refractivity contribution < 1.29 is 14.9 Å². The fraction of sp³-hybridized carbons (Fsp3) is 0.444. The number of hydrogen-bond donors (Lipinski definition) is 3. The third kappa shape index (κ3) is 5.81. The van der Waals surface area contributed by atoms with Gasteiger partial charge >= 0.3 is 0 Å². The van der Waals surface area contributed by atoms with Crippen LogP contribution in [-0.2, 0) is 57.2 Å². The average Bonchev–Trinajstić information content (AvgIpc) is 3.72. The molecule has 0 saturated carbocycles. The fourth-order valence-electron chi connectivity index (χ4n) is 7.73. The van der Waals surface area contributed by atoms with E-state index >= 15 is 0 Å². The van der Waals surface area contributed by atoms with Crippen molar-refractivity contribution in [3.8, 4) is 16.9 Å². The minimum Gasteiger partial charge on any atom is -0.491 e. The molecule has 3 aliphatic rings. The molecule has 8 rings (SSSR count). The number of hydrogen-bond acceptors (Lipinski definition) is 8. The molecule has 0 unspecified atom stereocenters. The SMILES string of the molecule is Cn1nc2cc1CSc1cc3c(c(c1)OCCCc1c(C(O)O)n(C)c4c(c(Cl)ccc14)-c1c(nn4c1CCCC4)CSC2)NCCC3. The summed E-state index contributed by atoms with van der Waals surface area (Å²) in [6.07, 6.45) is 5.00. The Kier molecular flexibility index (Phi) is 8.92. The smallest absolute Gasteiger partial charge is 0.194 e. The molecule has 0 aliphatic carbocycles. The molecule has 0 fully saturated rings. The van der Waals surface area contributed by atoms with Crippen molar-refractivity contribution in [2.45, 2.75) is 79.9 Å². The first-order chi connectivity index (χ1) is 23.4. The summed E-state index contributed by atoms with van der Waals surface area (Å²) >= 11 is 10.8. The monoisotopic (exact) mass is 704 g/mol. The molecular weight excluding hydrogens is 664 g/mol. The summed E-state index contributed by atoms with van der Waals surface area (Å²) in [5.41, 5.74) is 11.2. The van der Waals surface area contributed by atoms with Crippen LogP contribution in [0.5, 0.6) is 5.75 Å². The minimum atomic E-state index is -1.63. The van der Waals surface area contributed by atoms with Crippen LogP contribution in [0.3, 0.4) is 0 Å². The molecule has 0 saturated heterocycles. The minimum absolute atomic E-state index is 0.496. The van der Waals surface area contributed by atoms with E-state index in [2.05, 4.69) is 28.2 Å². The first-order valence-electron chi connectivity index (χ1n) is 16.9. The molecule has 3 aliphatic heterocycles. The molecular formula is C36H41ClN6O3S2. The lowest BCUT2D eigenvalue weighted by Gasteiger charge is -2.22. The summed E-state index contributed by atoms with van der Waals surface area (Å²) < 4.78 is 12.6. The number of nitrogens with one attached hydrogen (secondary N) is 1. The highest BCUT2D eigenvalue weighted by molar-refractivity contribution is 7.98. The van der Waals surface area contributed by atoms with Gasteiger partial charge in [-0.2, -0.15) is 10.2 Å². The van der Waals surface area contributed by atoms with Gasteiger partial charge < -0.3 is 24.8 Å². The number of nitrogens with zero attached hydrogens (tertiary/aromatic N) is 5. The number of aliphatic hydroxyl groups is 2. The van der Waals surface area contributed by atoms with E-state index < -0.39 is 6.29 Å². The van der Waals surface area contributed by atoms with Crippen LogP contribution in [0.1, 0.15) is 71.6 Å². The van der Waals surface area contributed by atoms with Crippen LogP contribution in [0.25, 0.3) is 22.0 Å². The summed E-state index contributed by atoms with van der Waals surface area (Å²) in [6.45, 7) is 2.33. The predicted octanol–water partition coefficient (Wildman–Crippen LogP) is 7.16. The van der Waals surface area contributed by atoms with E-state index in [9.17, 15) is 10.2 Å². The number of fused-ring (bicyclic) bond motifs is 10. The van der Waals surface area contributed by atoms with Crippen LogP contribution in [0.4, 0.5) is 5.69 Å². The number of benzene rings is 2. The molecule has 2 aromatic carbocycles. The lowest BCUT2D eigenvalue weighted by atomic mass is 9.95. The zero-order valence-corrected chi connectivity index (χ0v) is 29.8. The Labute approximate surface area is 294 Å². The van der Waals surface area contributed by atoms with Gasteiger partial charge in [0.1, 0.15) is 5.75 Å². The molecule has 3 aromatic heterocycles. The molecule has 5 aromatic rings. The van der Waals surface area contributed by atoms with E-state index in [-0.39, 0.29) is 0 Å². The number of halogens is 1. The zero-order valence-electron chi connectivity index (χ0n) is 27.4. The van der Waals surface area contributed by atoms with Crippen molar-refractivity contribution in [3.63, 3.8) is 0 Å². The second-order valence-electron chi connectivity index (χ2n) is 13.0. The normalized spacial score (nSPS) is 17.0. The standard InChI is InChI=1S/C36H41ClN6O3S2/c1-41-34-26-10-11-27(37)31(34)32-28(40-43-13-4-3-9-29(32)43)20-47-18-22-16-23(42(2)39-22)19-48-24-15-21-7-5-12-38-33(21)30(17-24)46-14-6-8-25(26)35(41)36(44)45/h10-11,15-17,36,38,44-45H,3-9,12-14,18-20H2,1-2H3. The number of aryl methyl sites for hydroxylation is 5. The Morgan fingerprint density at radius 3 is 2.73 bits per heavy atom. The van der Waals surface area contributed by atoms with Gasteiger partial charge in [0.25, 0.3) is 0 Å². The van der Waals surface area contributed by atoms with E-state index in [4.69, 9.17) is 26.5 Å². The highest BCUT2D eigenvalue weighted by Crippen LogP contribution is 2.45. The summed E-state index contributed by atoms with van der Waals surface area (Å²) in [5.74, 6) is 3.20. The first kappa shape index (κ1) is 32.1. The van der Waals surface area contributed by atoms with Crippen molar-refractivity contribution >= 4 is 51.7 Å². The largest absolute Gasteiger partial charge is 0.491 e. The van der Waals surface area contributed by atoms with Crippen molar-refractivity contribution in [1.29, 1.82) is 0 Å². The van der Waals surface area contributed by atoms with Gasteiger partial charge in [0, 0.05) is 77.2 Å². The van der Waals surface area contributed by atoms with Crippen LogP contribution in [0.15, 0.2) is 35.2 Å². The number of thioether (sulfide) groups is 2. The molecule has 3 N–H and O–H groups in total. The van der Waals surface area contributed by atoms with Gasteiger partial charge in [-0.1, -0.05) is 17.7 Å². The van der Waals surface area contributed by atoms with Crippen molar-refractivity contribution in [3.05, 3.63) is 75.0 Å². The molecule has 0 radical (unpaired) electrons. The zero-order chi connectivity index (χ0) is 32.9. The molecule has 0 spiro atoms. The summed E-state index contributed by atoms with van der Waals surface area (Å²) in [7, 11) is 3.95. The Bertz CT molecular complexity index is 2010. The van der Waals surface area contributed by atoms with Gasteiger partial charge in [-0.15, -0.1) is 23.5 Å². The van der Waals surface area contributed by atoms with E-state index in [0.717, 1.165) is 113 Å². The summed E-state index contributed by atoms with van der Waals surface area (Å²) in [6, 6.07) is 10.7. The number of anilines is 1. The molecule has 252 valence electrons. The average molecular weight is 705 g/mol. The Morgan fingerprint density at radius 2 is 1.85 bits per heavy atom. The molecule has 12 heteroatoms. The predicted molar refractivity (Wildman–Crippen MR) is 194 cm³/mol. The quantitative estimate of drug-likeness (QED) is 0.158. The summed E-state index contributed by atoms with van der Waals surface area (Å²) in [4.78, 5) is 1.19. The van der Waals surface area contributed by atoms with Crippen LogP contribution in [0, 0.1) is 0 Å². The van der Waals surface area contributed by atoms with Gasteiger partial charge in [0.2, 0.25) is 0 Å². The molecule has 6 heterocycles. The van der Waals surface area contributed by atoms with Gasteiger partial charge in [-0.3, -0.25) is 9.36 Å². The third-order valence-corrected chi connectivity index (χ3v) is 12.2. The topological polar surface area (TPSA) is 102 Å². The van der Waals surface area contributed by atoms with E-state index in [1.165, 1.54) is 21.8 Å². The van der Waals surface area contributed by atoms with Crippen LogP contribution in [-0.4, -0.2) is 47.5 Å². The number of ether oxygens (including phenoxy) is 1. The van der Waals surface area contributed by atoms with E-state index in [0.29, 0.717) is 30.2 Å². The molecule has 0 atom stereocenters. The Morgan fingerprint density at radius 1 is 0.958 bits per heavy atom. The maximum atomic E-state index is 10.7. The first-order valence-corrected chi connectivity index (χ1v) is 19.4. The number of aliphatic hydroxyl groups excluding tert-OH is 1. The van der Waals surface area contributed by atoms with Crippen molar-refractivity contribution in [2.75, 3.05) is 18.5 Å². The van der Waals surface area contributed by atoms with Gasteiger partial charge in [0.15, 0.2) is 6.29 Å². The summed E-state index contributed by atoms with van der Waals surface area (Å²) in [5, 5.41) is 36.7. The molecule has 0 amide bonds. The second-order valence-corrected chi connectivity index (χ2v) is 15.5. The number of aromatic nitrogens is 5. The van der Waals surface area contributed by atoms with Crippen LogP contribution in [0.2, 0.25) is 5.02 Å². The second kappa shape index (κ2) is 13.3. The Hall–Kier alpha value is -3.09. The van der Waals surface area contributed by atoms with E-state index in [1.54, 1.807) is 0 Å².